The summed E-state index contributed by atoms with van der Waals surface area (Å²) in [5.41, 5.74) is 0. The number of rotatable bonds is 6. The molecule has 0 aromatic rings. The van der Waals surface area contributed by atoms with E-state index in [2.05, 4.69) is 5.32 Å². The number of unbranched alkanes of at least 4 members (excludes halogenated alkanes) is 1. The molecule has 1 aliphatic carbocycles. The molecule has 1 rings (SSSR count). The van der Waals surface area contributed by atoms with Gasteiger partial charge in [-0.25, -0.2) is 0 Å². The van der Waals surface area contributed by atoms with Crippen LogP contribution in [0.1, 0.15) is 32.1 Å². The molecule has 0 aliphatic heterocycles. The first-order chi connectivity index (χ1) is 6.20. The summed E-state index contributed by atoms with van der Waals surface area (Å²) in [6, 6.07) is 0. The van der Waals surface area contributed by atoms with Gasteiger partial charge in [-0.1, -0.05) is 0 Å². The van der Waals surface area contributed by atoms with Gasteiger partial charge in [0, 0.05) is 18.9 Å². The summed E-state index contributed by atoms with van der Waals surface area (Å²) in [5, 5.41) is 11.1. The first-order valence-corrected chi connectivity index (χ1v) is 4.69. The van der Waals surface area contributed by atoms with Gasteiger partial charge in [-0.2, -0.15) is 0 Å². The molecular weight excluding hydrogens is 170 g/mol. The number of hydrogen-bond acceptors (Lipinski definition) is 2. The molecule has 0 bridgehead atoms. The third kappa shape index (κ3) is 4.50. The summed E-state index contributed by atoms with van der Waals surface area (Å²) >= 11 is 0. The average molecular weight is 185 g/mol. The van der Waals surface area contributed by atoms with Gasteiger partial charge in [0.25, 0.3) is 0 Å². The Hall–Kier alpha value is -1.06. The maximum Gasteiger partial charge on any atom is 0.303 e. The van der Waals surface area contributed by atoms with Gasteiger partial charge in [0.2, 0.25) is 5.91 Å². The first-order valence-electron chi connectivity index (χ1n) is 4.69. The Bertz CT molecular complexity index is 199. The fourth-order valence-corrected chi connectivity index (χ4v) is 1.10. The number of carbonyl (C=O) groups excluding carboxylic acids is 1. The minimum absolute atomic E-state index is 0.135. The zero-order valence-corrected chi connectivity index (χ0v) is 7.58. The molecule has 1 saturated carbocycles. The molecule has 0 heterocycles. The van der Waals surface area contributed by atoms with E-state index >= 15 is 0 Å². The van der Waals surface area contributed by atoms with Crippen LogP contribution in [0.3, 0.4) is 0 Å². The number of aliphatic carboxylic acids is 1. The fraction of sp³-hybridized carbons (Fsp3) is 0.778. The topological polar surface area (TPSA) is 66.4 Å². The highest BCUT2D eigenvalue weighted by Crippen LogP contribution is 2.28. The predicted molar refractivity (Wildman–Crippen MR) is 47.2 cm³/mol. The average Bonchev–Trinajstić information content (AvgIpc) is 2.85. The van der Waals surface area contributed by atoms with Crippen molar-refractivity contribution in [2.24, 2.45) is 5.92 Å². The maximum absolute atomic E-state index is 11.1. The minimum atomic E-state index is -0.770. The van der Waals surface area contributed by atoms with E-state index in [0.717, 1.165) is 19.3 Å². The second-order valence-electron chi connectivity index (χ2n) is 3.42. The van der Waals surface area contributed by atoms with Crippen LogP contribution in [0.5, 0.6) is 0 Å². The van der Waals surface area contributed by atoms with Crippen molar-refractivity contribution in [2.45, 2.75) is 32.1 Å². The normalized spacial score (nSPS) is 15.4. The van der Waals surface area contributed by atoms with Gasteiger partial charge >= 0.3 is 5.97 Å². The van der Waals surface area contributed by atoms with Crippen molar-refractivity contribution in [1.82, 2.24) is 5.32 Å². The summed E-state index contributed by atoms with van der Waals surface area (Å²) in [6.07, 6.45) is 3.62. The van der Waals surface area contributed by atoms with Crippen LogP contribution in [-0.4, -0.2) is 23.5 Å². The van der Waals surface area contributed by atoms with Crippen molar-refractivity contribution >= 4 is 11.9 Å². The van der Waals surface area contributed by atoms with E-state index < -0.39 is 5.97 Å². The molecule has 2 N–H and O–H groups in total. The Labute approximate surface area is 77.3 Å². The summed E-state index contributed by atoms with van der Waals surface area (Å²) in [7, 11) is 0. The van der Waals surface area contributed by atoms with Gasteiger partial charge in [-0.15, -0.1) is 0 Å². The zero-order valence-electron chi connectivity index (χ0n) is 7.58. The van der Waals surface area contributed by atoms with E-state index in [1.807, 2.05) is 0 Å². The quantitative estimate of drug-likeness (QED) is 0.600. The lowest BCUT2D eigenvalue weighted by Crippen LogP contribution is -2.25. The van der Waals surface area contributed by atoms with E-state index in [0.29, 0.717) is 13.0 Å². The summed E-state index contributed by atoms with van der Waals surface area (Å²) in [4.78, 5) is 21.2. The second kappa shape index (κ2) is 4.84. The number of amides is 1. The van der Waals surface area contributed by atoms with Gasteiger partial charge in [-0.3, -0.25) is 9.59 Å². The highest BCUT2D eigenvalue weighted by atomic mass is 16.4. The molecule has 0 aromatic carbocycles. The van der Waals surface area contributed by atoms with E-state index in [-0.39, 0.29) is 18.2 Å². The summed E-state index contributed by atoms with van der Waals surface area (Å²) in [6.45, 7) is 0.614. The van der Waals surface area contributed by atoms with Crippen LogP contribution in [0.15, 0.2) is 0 Å². The lowest BCUT2D eigenvalue weighted by molar-refractivity contribution is -0.137. The Kier molecular flexibility index (Phi) is 3.73. The number of carboxylic acid groups (broad SMARTS) is 1. The van der Waals surface area contributed by atoms with Gasteiger partial charge in [0.05, 0.1) is 0 Å². The molecule has 0 aromatic heterocycles. The van der Waals surface area contributed by atoms with Crippen LogP contribution in [0.4, 0.5) is 0 Å². The number of nitrogens with one attached hydrogen (secondary N) is 1. The largest absolute Gasteiger partial charge is 0.481 e. The molecule has 1 amide bonds. The minimum Gasteiger partial charge on any atom is -0.481 e. The summed E-state index contributed by atoms with van der Waals surface area (Å²) < 4.78 is 0. The van der Waals surface area contributed by atoms with Gasteiger partial charge in [0.1, 0.15) is 0 Å². The monoisotopic (exact) mass is 185 g/mol. The number of hydrogen-bond donors (Lipinski definition) is 2. The smallest absolute Gasteiger partial charge is 0.303 e. The number of carbonyl (C=O) groups is 2. The summed E-state index contributed by atoms with van der Waals surface area (Å²) in [5.74, 6) is -0.386. The third-order valence-electron chi connectivity index (χ3n) is 2.06. The lowest BCUT2D eigenvalue weighted by Gasteiger charge is -2.02. The molecule has 1 aliphatic rings. The number of carboxylic acids is 1. The molecule has 0 atom stereocenters. The first kappa shape index (κ1) is 10.0. The Morgan fingerprint density at radius 2 is 2.00 bits per heavy atom. The lowest BCUT2D eigenvalue weighted by atomic mass is 10.2. The highest BCUT2D eigenvalue weighted by molar-refractivity contribution is 5.80. The van der Waals surface area contributed by atoms with Crippen LogP contribution in [0, 0.1) is 5.92 Å². The molecule has 0 spiro atoms. The standard InChI is InChI=1S/C9H15NO3/c11-8(12)3-1-2-6-10-9(13)7-4-5-7/h7H,1-6H2,(H,10,13)(H,11,12). The van der Waals surface area contributed by atoms with E-state index in [1.165, 1.54) is 0 Å². The van der Waals surface area contributed by atoms with Crippen molar-refractivity contribution in [3.05, 3.63) is 0 Å². The van der Waals surface area contributed by atoms with Crippen LogP contribution in [-0.2, 0) is 9.59 Å². The van der Waals surface area contributed by atoms with Crippen LogP contribution >= 0.6 is 0 Å². The zero-order chi connectivity index (χ0) is 9.68. The molecule has 0 radical (unpaired) electrons. The van der Waals surface area contributed by atoms with E-state index in [1.54, 1.807) is 0 Å². The molecule has 4 nitrogen and oxygen atoms in total. The molecule has 4 heteroatoms. The fourth-order valence-electron chi connectivity index (χ4n) is 1.10. The second-order valence-corrected chi connectivity index (χ2v) is 3.42. The molecule has 0 unspecified atom stereocenters. The maximum atomic E-state index is 11.1. The molecule has 1 fully saturated rings. The highest BCUT2D eigenvalue weighted by Gasteiger charge is 2.28. The molecular formula is C9H15NO3. The van der Waals surface area contributed by atoms with Gasteiger partial charge in [-0.05, 0) is 25.7 Å². The van der Waals surface area contributed by atoms with Crippen molar-refractivity contribution in [3.8, 4) is 0 Å². The van der Waals surface area contributed by atoms with Gasteiger partial charge in [0.15, 0.2) is 0 Å². The van der Waals surface area contributed by atoms with Crippen LogP contribution < -0.4 is 5.32 Å². The predicted octanol–water partition coefficient (Wildman–Crippen LogP) is 0.767. The van der Waals surface area contributed by atoms with Crippen molar-refractivity contribution in [2.75, 3.05) is 6.54 Å². The Morgan fingerprint density at radius 1 is 1.31 bits per heavy atom. The van der Waals surface area contributed by atoms with E-state index in [4.69, 9.17) is 5.11 Å². The Balaban J connectivity index is 1.88. The Morgan fingerprint density at radius 3 is 2.54 bits per heavy atom. The van der Waals surface area contributed by atoms with Gasteiger partial charge < -0.3 is 10.4 Å². The molecule has 13 heavy (non-hydrogen) atoms. The SMILES string of the molecule is O=C(O)CCCCNC(=O)C1CC1. The van der Waals surface area contributed by atoms with E-state index in [9.17, 15) is 9.59 Å². The van der Waals surface area contributed by atoms with Crippen molar-refractivity contribution < 1.29 is 14.7 Å². The van der Waals surface area contributed by atoms with Crippen molar-refractivity contribution in [3.63, 3.8) is 0 Å². The third-order valence-corrected chi connectivity index (χ3v) is 2.06. The molecule has 74 valence electrons. The van der Waals surface area contributed by atoms with Crippen LogP contribution in [0.2, 0.25) is 0 Å². The van der Waals surface area contributed by atoms with Crippen LogP contribution in [0.25, 0.3) is 0 Å². The van der Waals surface area contributed by atoms with Crippen molar-refractivity contribution in [1.29, 1.82) is 0 Å². The molecule has 0 saturated heterocycles.